The van der Waals surface area contributed by atoms with Crippen LogP contribution in [0.25, 0.3) is 6.08 Å². The number of thiocarbonyl (C=S) groups is 1. The molecule has 0 spiro atoms. The van der Waals surface area contributed by atoms with Crippen molar-refractivity contribution >= 4 is 46.3 Å². The number of benzene rings is 1. The fourth-order valence-corrected chi connectivity index (χ4v) is 9.11. The molecule has 1 saturated heterocycles. The van der Waals surface area contributed by atoms with Crippen LogP contribution in [-0.4, -0.2) is 34.2 Å². The average molecular weight is 512 g/mol. The highest BCUT2D eigenvalue weighted by molar-refractivity contribution is 8.26. The Balaban J connectivity index is 1.19. The van der Waals surface area contributed by atoms with Gasteiger partial charge in [0, 0.05) is 6.04 Å². The van der Waals surface area contributed by atoms with E-state index in [1.165, 1.54) is 37.4 Å². The Hall–Kier alpha value is -1.86. The van der Waals surface area contributed by atoms with Crippen LogP contribution in [0.5, 0.6) is 11.5 Å². The van der Waals surface area contributed by atoms with Gasteiger partial charge in [0.15, 0.2) is 11.5 Å². The van der Waals surface area contributed by atoms with Crippen LogP contribution in [0.3, 0.4) is 0 Å². The first kappa shape index (κ1) is 23.5. The van der Waals surface area contributed by atoms with E-state index in [0.29, 0.717) is 38.5 Å². The van der Waals surface area contributed by atoms with Crippen molar-refractivity contribution < 1.29 is 19.1 Å². The summed E-state index contributed by atoms with van der Waals surface area (Å²) in [5.41, 5.74) is 0.520. The minimum absolute atomic E-state index is 0.00295. The number of amides is 1. The van der Waals surface area contributed by atoms with Crippen LogP contribution >= 0.6 is 24.0 Å². The zero-order chi connectivity index (χ0) is 24.2. The second-order valence-corrected chi connectivity index (χ2v) is 13.0. The summed E-state index contributed by atoms with van der Waals surface area (Å²) in [4.78, 5) is 29.0. The standard InChI is InChI=1S/C28H33NO4S2/c1-32-23-12-17(13-24-25(30)29(27(34)35-24)21-5-3-2-4-6-21)7-8-22(23)33-26(31)28-14-18-9-19(15-28)11-20(10-18)16-28/h7-8,12-13,18-21H,2-6,9-11,14-16H2,1H3. The van der Waals surface area contributed by atoms with E-state index >= 15 is 0 Å². The van der Waals surface area contributed by atoms with Crippen molar-refractivity contribution in [3.05, 3.63) is 28.7 Å². The Bertz CT molecular complexity index is 1060. The number of rotatable bonds is 5. The summed E-state index contributed by atoms with van der Waals surface area (Å²) in [5.74, 6) is 2.94. The van der Waals surface area contributed by atoms with Crippen molar-refractivity contribution in [2.45, 2.75) is 76.7 Å². The average Bonchev–Trinajstić information content (AvgIpc) is 3.12. The van der Waals surface area contributed by atoms with Crippen molar-refractivity contribution in [3.8, 4) is 11.5 Å². The quantitative estimate of drug-likeness (QED) is 0.199. The number of thioether (sulfide) groups is 1. The molecule has 186 valence electrons. The molecular formula is C28H33NO4S2. The third-order valence-electron chi connectivity index (χ3n) is 8.92. The smallest absolute Gasteiger partial charge is 0.317 e. The number of esters is 1. The highest BCUT2D eigenvalue weighted by Crippen LogP contribution is 2.60. The molecule has 1 amide bonds. The molecule has 0 aromatic heterocycles. The summed E-state index contributed by atoms with van der Waals surface area (Å²) in [6.45, 7) is 0. The van der Waals surface area contributed by atoms with E-state index in [2.05, 4.69) is 0 Å². The lowest BCUT2D eigenvalue weighted by atomic mass is 9.49. The number of nitrogens with zero attached hydrogens (tertiary/aromatic N) is 1. The van der Waals surface area contributed by atoms with Gasteiger partial charge in [-0.2, -0.15) is 0 Å². The maximum Gasteiger partial charge on any atom is 0.317 e. The van der Waals surface area contributed by atoms with Crippen molar-refractivity contribution in [1.29, 1.82) is 0 Å². The zero-order valence-corrected chi connectivity index (χ0v) is 21.9. The Labute approximate surface area is 217 Å². The molecule has 7 heteroatoms. The van der Waals surface area contributed by atoms with Gasteiger partial charge in [-0.15, -0.1) is 0 Å². The molecule has 4 bridgehead atoms. The summed E-state index contributed by atoms with van der Waals surface area (Å²) >= 11 is 6.94. The van der Waals surface area contributed by atoms with Gasteiger partial charge in [-0.05, 0) is 92.9 Å². The normalized spacial score (nSPS) is 33.6. The summed E-state index contributed by atoms with van der Waals surface area (Å²) in [5, 5.41) is 0. The Kier molecular flexibility index (Phi) is 6.20. The monoisotopic (exact) mass is 511 g/mol. The van der Waals surface area contributed by atoms with E-state index in [1.54, 1.807) is 13.2 Å². The molecule has 0 N–H and O–H groups in total. The molecule has 35 heavy (non-hydrogen) atoms. The molecule has 1 heterocycles. The first-order chi connectivity index (χ1) is 16.9. The predicted octanol–water partition coefficient (Wildman–Crippen LogP) is 6.35. The second-order valence-electron chi connectivity index (χ2n) is 11.3. The highest BCUT2D eigenvalue weighted by Gasteiger charge is 2.55. The lowest BCUT2D eigenvalue weighted by molar-refractivity contribution is -0.161. The Morgan fingerprint density at radius 3 is 2.34 bits per heavy atom. The van der Waals surface area contributed by atoms with Gasteiger partial charge in [0.05, 0.1) is 17.4 Å². The lowest BCUT2D eigenvalue weighted by Crippen LogP contribution is -2.51. The highest BCUT2D eigenvalue weighted by atomic mass is 32.2. The Morgan fingerprint density at radius 1 is 1.06 bits per heavy atom. The molecule has 5 aliphatic carbocycles. The van der Waals surface area contributed by atoms with E-state index in [1.807, 2.05) is 23.1 Å². The summed E-state index contributed by atoms with van der Waals surface area (Å²) in [6, 6.07) is 5.75. The molecule has 1 aliphatic heterocycles. The van der Waals surface area contributed by atoms with Crippen LogP contribution in [0.4, 0.5) is 0 Å². The number of carbonyl (C=O) groups is 2. The molecule has 5 nitrogen and oxygen atoms in total. The number of ether oxygens (including phenoxy) is 2. The van der Waals surface area contributed by atoms with Gasteiger partial charge in [-0.25, -0.2) is 0 Å². The zero-order valence-electron chi connectivity index (χ0n) is 20.3. The maximum absolute atomic E-state index is 13.4. The van der Waals surface area contributed by atoms with Crippen LogP contribution in [-0.2, 0) is 9.59 Å². The molecule has 0 unspecified atom stereocenters. The summed E-state index contributed by atoms with van der Waals surface area (Å²) < 4.78 is 12.2. The molecule has 6 fully saturated rings. The molecule has 1 aromatic carbocycles. The van der Waals surface area contributed by atoms with E-state index in [9.17, 15) is 9.59 Å². The van der Waals surface area contributed by atoms with Gasteiger partial charge in [-0.1, -0.05) is 49.3 Å². The van der Waals surface area contributed by atoms with Gasteiger partial charge < -0.3 is 9.47 Å². The molecule has 0 radical (unpaired) electrons. The summed E-state index contributed by atoms with van der Waals surface area (Å²) in [6.07, 6.45) is 14.3. The maximum atomic E-state index is 13.4. The van der Waals surface area contributed by atoms with Crippen LogP contribution in [0.2, 0.25) is 0 Å². The minimum atomic E-state index is -0.314. The van der Waals surface area contributed by atoms with E-state index in [-0.39, 0.29) is 23.3 Å². The molecule has 1 aromatic rings. The minimum Gasteiger partial charge on any atom is -0.493 e. The third-order valence-corrected chi connectivity index (χ3v) is 10.3. The van der Waals surface area contributed by atoms with Gasteiger partial charge >= 0.3 is 5.97 Å². The predicted molar refractivity (Wildman–Crippen MR) is 141 cm³/mol. The van der Waals surface area contributed by atoms with Crippen molar-refractivity contribution in [2.75, 3.05) is 7.11 Å². The van der Waals surface area contributed by atoms with Gasteiger partial charge in [0.2, 0.25) is 0 Å². The molecular weight excluding hydrogens is 478 g/mol. The number of methoxy groups -OCH3 is 1. The number of carbonyl (C=O) groups excluding carboxylic acids is 2. The van der Waals surface area contributed by atoms with Crippen molar-refractivity contribution in [3.63, 3.8) is 0 Å². The van der Waals surface area contributed by atoms with Crippen molar-refractivity contribution in [1.82, 2.24) is 4.90 Å². The second kappa shape index (κ2) is 9.22. The molecule has 0 atom stereocenters. The molecule has 6 aliphatic rings. The van der Waals surface area contributed by atoms with Gasteiger partial charge in [0.25, 0.3) is 5.91 Å². The fourth-order valence-electron chi connectivity index (χ4n) is 7.71. The summed E-state index contributed by atoms with van der Waals surface area (Å²) in [7, 11) is 1.59. The van der Waals surface area contributed by atoms with Crippen LogP contribution in [0.1, 0.15) is 76.2 Å². The van der Waals surface area contributed by atoms with Gasteiger partial charge in [0.1, 0.15) is 4.32 Å². The van der Waals surface area contributed by atoms with E-state index in [4.69, 9.17) is 21.7 Å². The first-order valence-electron chi connectivity index (χ1n) is 13.1. The van der Waals surface area contributed by atoms with Gasteiger partial charge in [-0.3, -0.25) is 14.5 Å². The number of hydrogen-bond acceptors (Lipinski definition) is 6. The van der Waals surface area contributed by atoms with Crippen molar-refractivity contribution in [2.24, 2.45) is 23.2 Å². The van der Waals surface area contributed by atoms with Crippen LogP contribution in [0, 0.1) is 23.2 Å². The largest absolute Gasteiger partial charge is 0.493 e. The van der Waals surface area contributed by atoms with E-state index < -0.39 is 0 Å². The Morgan fingerprint density at radius 2 is 1.71 bits per heavy atom. The van der Waals surface area contributed by atoms with Crippen LogP contribution < -0.4 is 9.47 Å². The molecule has 7 rings (SSSR count). The lowest BCUT2D eigenvalue weighted by Gasteiger charge is -2.55. The van der Waals surface area contributed by atoms with Crippen LogP contribution in [0.15, 0.2) is 23.1 Å². The molecule has 5 saturated carbocycles. The SMILES string of the molecule is COc1cc(C=C2SC(=S)N(C3CCCCC3)C2=O)ccc1OC(=O)C12CC3CC(CC(C3)C1)C2. The number of hydrogen-bond donors (Lipinski definition) is 0. The first-order valence-corrected chi connectivity index (χ1v) is 14.3. The third kappa shape index (κ3) is 4.33. The fraction of sp³-hybridized carbons (Fsp3) is 0.607. The topological polar surface area (TPSA) is 55.8 Å². The van der Waals surface area contributed by atoms with E-state index in [0.717, 1.165) is 50.5 Å².